The zero-order valence-electron chi connectivity index (χ0n) is 10.8. The predicted octanol–water partition coefficient (Wildman–Crippen LogP) is 2.73. The second-order valence-corrected chi connectivity index (χ2v) is 4.89. The van der Waals surface area contributed by atoms with E-state index in [4.69, 9.17) is 11.6 Å². The first-order valence-electron chi connectivity index (χ1n) is 6.70. The molecule has 0 aliphatic carbocycles. The molecule has 1 aliphatic heterocycles. The molecule has 0 amide bonds. The van der Waals surface area contributed by atoms with Gasteiger partial charge in [0.15, 0.2) is 0 Å². The Kier molecular flexibility index (Phi) is 4.99. The lowest BCUT2D eigenvalue weighted by atomic mass is 10.1. The van der Waals surface area contributed by atoms with Gasteiger partial charge in [-0.25, -0.2) is 0 Å². The van der Waals surface area contributed by atoms with Crippen LogP contribution in [0, 0.1) is 0 Å². The fourth-order valence-corrected chi connectivity index (χ4v) is 2.19. The largest absolute Gasteiger partial charge is 0.354 e. The van der Waals surface area contributed by atoms with Crippen LogP contribution in [0.3, 0.4) is 0 Å². The summed E-state index contributed by atoms with van der Waals surface area (Å²) in [6.07, 6.45) is 5.92. The summed E-state index contributed by atoms with van der Waals surface area (Å²) in [4.78, 5) is 14.9. The van der Waals surface area contributed by atoms with E-state index in [1.165, 1.54) is 19.3 Å². The van der Waals surface area contributed by atoms with Gasteiger partial charge in [-0.3, -0.25) is 0 Å². The van der Waals surface area contributed by atoms with Gasteiger partial charge in [0.2, 0.25) is 17.2 Å². The zero-order valence-corrected chi connectivity index (χ0v) is 11.6. The maximum Gasteiger partial charge on any atom is 0.231 e. The third-order valence-electron chi connectivity index (χ3n) is 3.05. The molecule has 1 fully saturated rings. The third-order valence-corrected chi connectivity index (χ3v) is 3.22. The summed E-state index contributed by atoms with van der Waals surface area (Å²) in [7, 11) is 0. The van der Waals surface area contributed by atoms with Gasteiger partial charge in [0.1, 0.15) is 0 Å². The number of halogens is 1. The quantitative estimate of drug-likeness (QED) is 0.833. The number of anilines is 2. The molecule has 1 aliphatic rings. The molecule has 0 saturated carbocycles. The highest BCUT2D eigenvalue weighted by atomic mass is 35.5. The average Bonchev–Trinajstić information content (AvgIpc) is 2.39. The van der Waals surface area contributed by atoms with Crippen molar-refractivity contribution in [3.05, 3.63) is 5.28 Å². The number of unbranched alkanes of at least 4 members (excludes halogenated alkanes) is 1. The fourth-order valence-electron chi connectivity index (χ4n) is 2.03. The molecule has 1 N–H and O–H groups in total. The molecule has 1 aromatic heterocycles. The third kappa shape index (κ3) is 3.70. The van der Waals surface area contributed by atoms with E-state index in [1.54, 1.807) is 0 Å². The van der Waals surface area contributed by atoms with Gasteiger partial charge in [-0.15, -0.1) is 0 Å². The number of hydrogen-bond donors (Lipinski definition) is 1. The normalized spacial score (nSPS) is 15.8. The molecule has 1 saturated heterocycles. The Hall–Kier alpha value is -1.10. The van der Waals surface area contributed by atoms with Crippen molar-refractivity contribution in [3.8, 4) is 0 Å². The van der Waals surface area contributed by atoms with Crippen LogP contribution >= 0.6 is 11.6 Å². The Morgan fingerprint density at radius 3 is 2.67 bits per heavy atom. The Balaban J connectivity index is 2.05. The van der Waals surface area contributed by atoms with E-state index in [2.05, 4.69) is 32.1 Å². The van der Waals surface area contributed by atoms with E-state index in [1.807, 2.05) is 0 Å². The van der Waals surface area contributed by atoms with Crippen LogP contribution in [0.1, 0.15) is 39.0 Å². The van der Waals surface area contributed by atoms with Gasteiger partial charge in [0.05, 0.1) is 0 Å². The smallest absolute Gasteiger partial charge is 0.231 e. The Bertz CT molecular complexity index is 379. The molecule has 0 spiro atoms. The number of aromatic nitrogens is 3. The van der Waals surface area contributed by atoms with E-state index in [0.29, 0.717) is 11.9 Å². The predicted molar refractivity (Wildman–Crippen MR) is 74.3 cm³/mol. The molecule has 0 unspecified atom stereocenters. The summed E-state index contributed by atoms with van der Waals surface area (Å²) in [5.74, 6) is 1.29. The number of rotatable bonds is 5. The van der Waals surface area contributed by atoms with Crippen molar-refractivity contribution in [2.75, 3.05) is 29.9 Å². The van der Waals surface area contributed by atoms with Crippen molar-refractivity contribution >= 4 is 23.5 Å². The van der Waals surface area contributed by atoms with Crippen molar-refractivity contribution in [2.24, 2.45) is 0 Å². The fraction of sp³-hybridized carbons (Fsp3) is 0.750. The van der Waals surface area contributed by atoms with Gasteiger partial charge < -0.3 is 10.2 Å². The van der Waals surface area contributed by atoms with Crippen LogP contribution in [0.2, 0.25) is 5.28 Å². The maximum absolute atomic E-state index is 5.95. The minimum Gasteiger partial charge on any atom is -0.354 e. The zero-order chi connectivity index (χ0) is 12.8. The number of piperidine rings is 1. The standard InChI is InChI=1S/C12H20ClN5/c1-2-3-7-14-11-15-10(13)16-12(17-11)18-8-5-4-6-9-18/h2-9H2,1H3,(H,14,15,16,17). The minimum absolute atomic E-state index is 0.268. The molecule has 0 radical (unpaired) electrons. The number of nitrogens with one attached hydrogen (secondary N) is 1. The summed E-state index contributed by atoms with van der Waals surface area (Å²) in [5, 5.41) is 3.46. The summed E-state index contributed by atoms with van der Waals surface area (Å²) >= 11 is 5.95. The lowest BCUT2D eigenvalue weighted by molar-refractivity contribution is 0.567. The first-order valence-corrected chi connectivity index (χ1v) is 7.08. The van der Waals surface area contributed by atoms with Crippen LogP contribution in [0.25, 0.3) is 0 Å². The monoisotopic (exact) mass is 269 g/mol. The van der Waals surface area contributed by atoms with Crippen molar-refractivity contribution in [3.63, 3.8) is 0 Å². The molecule has 100 valence electrons. The van der Waals surface area contributed by atoms with Gasteiger partial charge in [-0.1, -0.05) is 13.3 Å². The van der Waals surface area contributed by atoms with Gasteiger partial charge in [0, 0.05) is 19.6 Å². The van der Waals surface area contributed by atoms with Gasteiger partial charge in [0.25, 0.3) is 0 Å². The van der Waals surface area contributed by atoms with Crippen LogP contribution in [0.15, 0.2) is 0 Å². The van der Waals surface area contributed by atoms with Crippen molar-refractivity contribution in [1.82, 2.24) is 15.0 Å². The van der Waals surface area contributed by atoms with E-state index >= 15 is 0 Å². The minimum atomic E-state index is 0.268. The van der Waals surface area contributed by atoms with E-state index in [0.717, 1.165) is 32.5 Å². The lowest BCUT2D eigenvalue weighted by Crippen LogP contribution is -2.31. The first kappa shape index (κ1) is 13.3. The summed E-state index contributed by atoms with van der Waals surface area (Å²) in [6, 6.07) is 0. The molecule has 0 aromatic carbocycles. The van der Waals surface area contributed by atoms with Crippen LogP contribution in [0.5, 0.6) is 0 Å². The Labute approximate surface area is 113 Å². The van der Waals surface area contributed by atoms with Gasteiger partial charge in [-0.05, 0) is 37.3 Å². The summed E-state index contributed by atoms with van der Waals surface area (Å²) in [6.45, 7) is 5.04. The molecule has 5 nitrogen and oxygen atoms in total. The molecule has 18 heavy (non-hydrogen) atoms. The molecule has 0 bridgehead atoms. The Morgan fingerprint density at radius 1 is 1.17 bits per heavy atom. The van der Waals surface area contributed by atoms with Gasteiger partial charge in [-0.2, -0.15) is 15.0 Å². The molecule has 2 rings (SSSR count). The van der Waals surface area contributed by atoms with E-state index in [-0.39, 0.29) is 5.28 Å². The van der Waals surface area contributed by atoms with Gasteiger partial charge >= 0.3 is 0 Å². The SMILES string of the molecule is CCCCNc1nc(Cl)nc(N2CCCCC2)n1. The number of hydrogen-bond acceptors (Lipinski definition) is 5. The van der Waals surface area contributed by atoms with E-state index in [9.17, 15) is 0 Å². The Morgan fingerprint density at radius 2 is 1.94 bits per heavy atom. The van der Waals surface area contributed by atoms with Crippen molar-refractivity contribution in [2.45, 2.75) is 39.0 Å². The maximum atomic E-state index is 5.95. The summed E-state index contributed by atoms with van der Waals surface area (Å²) in [5.41, 5.74) is 0. The van der Waals surface area contributed by atoms with Crippen LogP contribution < -0.4 is 10.2 Å². The highest BCUT2D eigenvalue weighted by Gasteiger charge is 2.15. The first-order chi connectivity index (χ1) is 8.79. The number of nitrogens with zero attached hydrogens (tertiary/aromatic N) is 4. The topological polar surface area (TPSA) is 53.9 Å². The van der Waals surface area contributed by atoms with Crippen LogP contribution in [-0.4, -0.2) is 34.6 Å². The summed E-state index contributed by atoms with van der Waals surface area (Å²) < 4.78 is 0. The van der Waals surface area contributed by atoms with Crippen LogP contribution in [-0.2, 0) is 0 Å². The van der Waals surface area contributed by atoms with Crippen molar-refractivity contribution in [1.29, 1.82) is 0 Å². The molecule has 2 heterocycles. The molecule has 1 aromatic rings. The second-order valence-electron chi connectivity index (χ2n) is 4.56. The molecule has 0 atom stereocenters. The second kappa shape index (κ2) is 6.73. The highest BCUT2D eigenvalue weighted by Crippen LogP contribution is 2.18. The van der Waals surface area contributed by atoms with Crippen molar-refractivity contribution < 1.29 is 0 Å². The molecular weight excluding hydrogens is 250 g/mol. The molecule has 6 heteroatoms. The highest BCUT2D eigenvalue weighted by molar-refractivity contribution is 6.28. The molecular formula is C12H20ClN5. The lowest BCUT2D eigenvalue weighted by Gasteiger charge is -2.26. The van der Waals surface area contributed by atoms with Crippen LogP contribution in [0.4, 0.5) is 11.9 Å². The van der Waals surface area contributed by atoms with E-state index < -0.39 is 0 Å². The average molecular weight is 270 g/mol.